The van der Waals surface area contributed by atoms with Crippen LogP contribution in [0.4, 0.5) is 0 Å². The Balaban J connectivity index is 0.000000810. The molecule has 0 unspecified atom stereocenters. The second-order valence-electron chi connectivity index (χ2n) is 1.76. The first-order valence-corrected chi connectivity index (χ1v) is 2.84. The van der Waals surface area contributed by atoms with Crippen molar-refractivity contribution in [1.82, 2.24) is 0 Å². The minimum Gasteiger partial charge on any atom is -0.128 e. The van der Waals surface area contributed by atoms with E-state index in [0.29, 0.717) is 0 Å². The number of benzene rings is 1. The van der Waals surface area contributed by atoms with Gasteiger partial charge in [0.05, 0.1) is 0 Å². The van der Waals surface area contributed by atoms with Gasteiger partial charge in [-0.2, -0.15) is 0 Å². The third kappa shape index (κ3) is 2.34. The van der Waals surface area contributed by atoms with E-state index in [1.165, 1.54) is 0 Å². The quantitative estimate of drug-likeness (QED) is 0.515. The molecule has 0 aliphatic heterocycles. The first-order valence-electron chi connectivity index (χ1n) is 2.84. The molecule has 0 saturated carbocycles. The fourth-order valence-corrected chi connectivity index (χ4v) is 0.667. The SMILES string of the molecule is C.C=C=Cc1ccccc1. The molecule has 0 heteroatoms. The van der Waals surface area contributed by atoms with Gasteiger partial charge in [-0.15, -0.1) is 5.73 Å². The molecule has 1 aromatic carbocycles. The summed E-state index contributed by atoms with van der Waals surface area (Å²) in [5, 5.41) is 0. The van der Waals surface area contributed by atoms with Gasteiger partial charge in [-0.05, 0) is 11.6 Å². The highest BCUT2D eigenvalue weighted by Crippen LogP contribution is 1.98. The summed E-state index contributed by atoms with van der Waals surface area (Å²) in [5.74, 6) is 0. The van der Waals surface area contributed by atoms with Crippen LogP contribution < -0.4 is 0 Å². The van der Waals surface area contributed by atoms with Crippen LogP contribution in [-0.4, -0.2) is 0 Å². The molecule has 0 fully saturated rings. The van der Waals surface area contributed by atoms with Crippen molar-refractivity contribution in [2.24, 2.45) is 0 Å². The molecule has 0 heterocycles. The minimum atomic E-state index is 0. The predicted octanol–water partition coefficient (Wildman–Crippen LogP) is 3.12. The normalized spacial score (nSPS) is 7.20. The first-order chi connectivity index (χ1) is 4.43. The molecule has 0 saturated heterocycles. The van der Waals surface area contributed by atoms with Crippen molar-refractivity contribution in [2.45, 2.75) is 7.43 Å². The van der Waals surface area contributed by atoms with Gasteiger partial charge in [-0.1, -0.05) is 44.3 Å². The molecule has 0 amide bonds. The van der Waals surface area contributed by atoms with Gasteiger partial charge in [-0.25, -0.2) is 0 Å². The third-order valence-corrected chi connectivity index (χ3v) is 1.07. The van der Waals surface area contributed by atoms with Crippen LogP contribution in [0.1, 0.15) is 13.0 Å². The second kappa shape index (κ2) is 4.60. The van der Waals surface area contributed by atoms with Crippen LogP contribution in [0, 0.1) is 0 Å². The smallest absolute Gasteiger partial charge is 0.0133 e. The topological polar surface area (TPSA) is 0 Å². The van der Waals surface area contributed by atoms with Crippen LogP contribution in [0.5, 0.6) is 0 Å². The monoisotopic (exact) mass is 132 g/mol. The summed E-state index contributed by atoms with van der Waals surface area (Å²) in [4.78, 5) is 0. The van der Waals surface area contributed by atoms with Crippen LogP contribution in [0.15, 0.2) is 42.6 Å². The van der Waals surface area contributed by atoms with Gasteiger partial charge in [0.1, 0.15) is 0 Å². The highest BCUT2D eigenvalue weighted by molar-refractivity contribution is 5.47. The summed E-state index contributed by atoms with van der Waals surface area (Å²) in [6.45, 7) is 3.48. The Morgan fingerprint density at radius 2 is 1.80 bits per heavy atom. The van der Waals surface area contributed by atoms with Crippen LogP contribution >= 0.6 is 0 Å². The van der Waals surface area contributed by atoms with Gasteiger partial charge < -0.3 is 0 Å². The molecule has 0 bridgehead atoms. The summed E-state index contributed by atoms with van der Waals surface area (Å²) in [6.07, 6.45) is 1.85. The van der Waals surface area contributed by atoms with Crippen molar-refractivity contribution >= 4 is 6.08 Å². The maximum Gasteiger partial charge on any atom is -0.0133 e. The van der Waals surface area contributed by atoms with Crippen LogP contribution in [0.2, 0.25) is 0 Å². The zero-order chi connectivity index (χ0) is 6.53. The average Bonchev–Trinajstić information content (AvgIpc) is 1.91. The molecular weight excluding hydrogens is 120 g/mol. The van der Waals surface area contributed by atoms with Gasteiger partial charge in [0.15, 0.2) is 0 Å². The Hall–Kier alpha value is -1.26. The van der Waals surface area contributed by atoms with Gasteiger partial charge in [0, 0.05) is 0 Å². The molecule has 10 heavy (non-hydrogen) atoms. The van der Waals surface area contributed by atoms with E-state index in [1.54, 1.807) is 0 Å². The Labute approximate surface area is 62.5 Å². The molecule has 52 valence electrons. The van der Waals surface area contributed by atoms with E-state index >= 15 is 0 Å². The number of hydrogen-bond acceptors (Lipinski definition) is 0. The van der Waals surface area contributed by atoms with Crippen molar-refractivity contribution < 1.29 is 0 Å². The fourth-order valence-electron chi connectivity index (χ4n) is 0.667. The molecule has 0 aromatic heterocycles. The second-order valence-corrected chi connectivity index (χ2v) is 1.76. The van der Waals surface area contributed by atoms with Gasteiger partial charge in [0.2, 0.25) is 0 Å². The van der Waals surface area contributed by atoms with Crippen molar-refractivity contribution in [2.75, 3.05) is 0 Å². The summed E-state index contributed by atoms with van der Waals surface area (Å²) in [7, 11) is 0. The zero-order valence-electron chi connectivity index (χ0n) is 5.17. The maximum atomic E-state index is 3.48. The summed E-state index contributed by atoms with van der Waals surface area (Å²) < 4.78 is 0. The molecule has 0 aliphatic carbocycles. The highest BCUT2D eigenvalue weighted by atomic mass is 13.8. The van der Waals surface area contributed by atoms with E-state index in [4.69, 9.17) is 0 Å². The summed E-state index contributed by atoms with van der Waals surface area (Å²) >= 11 is 0. The van der Waals surface area contributed by atoms with Crippen LogP contribution in [-0.2, 0) is 0 Å². The Morgan fingerprint density at radius 1 is 1.20 bits per heavy atom. The predicted molar refractivity (Wildman–Crippen MR) is 46.8 cm³/mol. The largest absolute Gasteiger partial charge is 0.128 e. The minimum absolute atomic E-state index is 0. The molecular formula is C10H12. The van der Waals surface area contributed by atoms with Crippen LogP contribution in [0.25, 0.3) is 6.08 Å². The fraction of sp³-hybridized carbons (Fsp3) is 0.100. The van der Waals surface area contributed by atoms with E-state index in [2.05, 4.69) is 12.3 Å². The molecule has 0 radical (unpaired) electrons. The zero-order valence-corrected chi connectivity index (χ0v) is 5.17. The average molecular weight is 132 g/mol. The van der Waals surface area contributed by atoms with E-state index in [9.17, 15) is 0 Å². The third-order valence-electron chi connectivity index (χ3n) is 1.07. The molecule has 1 rings (SSSR count). The number of hydrogen-bond donors (Lipinski definition) is 0. The molecule has 1 aromatic rings. The lowest BCUT2D eigenvalue weighted by Gasteiger charge is -1.85. The molecule has 0 atom stereocenters. The van der Waals surface area contributed by atoms with Crippen molar-refractivity contribution in [3.05, 3.63) is 48.2 Å². The lowest BCUT2D eigenvalue weighted by atomic mass is 10.2. The summed E-state index contributed by atoms with van der Waals surface area (Å²) in [6, 6.07) is 9.99. The van der Waals surface area contributed by atoms with Crippen molar-refractivity contribution in [3.8, 4) is 0 Å². The van der Waals surface area contributed by atoms with E-state index in [1.807, 2.05) is 36.4 Å². The van der Waals surface area contributed by atoms with Gasteiger partial charge >= 0.3 is 0 Å². The number of rotatable bonds is 1. The first kappa shape index (κ1) is 8.74. The molecule has 0 aliphatic rings. The van der Waals surface area contributed by atoms with Crippen LogP contribution in [0.3, 0.4) is 0 Å². The van der Waals surface area contributed by atoms with Crippen molar-refractivity contribution in [1.29, 1.82) is 0 Å². The molecule has 0 nitrogen and oxygen atoms in total. The van der Waals surface area contributed by atoms with E-state index in [-0.39, 0.29) is 7.43 Å². The standard InChI is InChI=1S/C9H8.CH4/c1-2-6-9-7-4-3-5-8-9;/h3-8H,1H2;1H4. The van der Waals surface area contributed by atoms with E-state index < -0.39 is 0 Å². The Kier molecular flexibility index (Phi) is 4.02. The van der Waals surface area contributed by atoms with Gasteiger partial charge in [-0.3, -0.25) is 0 Å². The molecule has 0 N–H and O–H groups in total. The van der Waals surface area contributed by atoms with Crippen molar-refractivity contribution in [3.63, 3.8) is 0 Å². The van der Waals surface area contributed by atoms with Gasteiger partial charge in [0.25, 0.3) is 0 Å². The summed E-state index contributed by atoms with van der Waals surface area (Å²) in [5.41, 5.74) is 3.85. The lowest BCUT2D eigenvalue weighted by Crippen LogP contribution is -1.64. The Morgan fingerprint density at radius 3 is 2.30 bits per heavy atom. The molecule has 0 spiro atoms. The maximum absolute atomic E-state index is 3.48. The van der Waals surface area contributed by atoms with E-state index in [0.717, 1.165) is 5.56 Å². The highest BCUT2D eigenvalue weighted by Gasteiger charge is 1.77. The lowest BCUT2D eigenvalue weighted by molar-refractivity contribution is 1.66. The Bertz CT molecular complexity index is 215.